The van der Waals surface area contributed by atoms with E-state index in [1.165, 1.54) is 0 Å². The lowest BCUT2D eigenvalue weighted by atomic mass is 9.84. The molecule has 4 heteroatoms. The van der Waals surface area contributed by atoms with E-state index in [0.717, 1.165) is 39.0 Å². The monoisotopic (exact) mass is 285 g/mol. The summed E-state index contributed by atoms with van der Waals surface area (Å²) >= 11 is 0. The molecule has 0 saturated carbocycles. The Morgan fingerprint density at radius 1 is 1.35 bits per heavy atom. The van der Waals surface area contributed by atoms with Gasteiger partial charge in [-0.05, 0) is 38.9 Å². The Balaban J connectivity index is 2.52. The van der Waals surface area contributed by atoms with Crippen molar-refractivity contribution in [2.24, 2.45) is 5.41 Å². The summed E-state index contributed by atoms with van der Waals surface area (Å²) in [6, 6.07) is 1.03. The van der Waals surface area contributed by atoms with Crippen molar-refractivity contribution in [3.8, 4) is 0 Å². The molecule has 1 saturated heterocycles. The van der Waals surface area contributed by atoms with Crippen molar-refractivity contribution in [1.82, 2.24) is 15.1 Å². The standard InChI is InChI=1S/C16H35N3O/c1-7-17-15(16(2,3)4)8-9-19-12-14(20)10-13(19)11-18(5)6/h13-15,17,20H,7-12H2,1-6H3. The zero-order valence-electron chi connectivity index (χ0n) is 14.3. The zero-order valence-corrected chi connectivity index (χ0v) is 14.3. The number of nitrogens with one attached hydrogen (secondary N) is 1. The molecule has 3 atom stereocenters. The highest BCUT2D eigenvalue weighted by Gasteiger charge is 2.32. The van der Waals surface area contributed by atoms with Crippen LogP contribution in [0.2, 0.25) is 0 Å². The molecule has 1 heterocycles. The van der Waals surface area contributed by atoms with E-state index in [1.807, 2.05) is 0 Å². The fourth-order valence-electron chi connectivity index (χ4n) is 3.23. The molecule has 4 nitrogen and oxygen atoms in total. The number of β-amino-alcohol motifs (C(OH)–C–C–N with tert-alkyl or cyclic N) is 1. The van der Waals surface area contributed by atoms with Crippen molar-refractivity contribution in [1.29, 1.82) is 0 Å². The molecule has 0 bridgehead atoms. The molecular weight excluding hydrogens is 250 g/mol. The van der Waals surface area contributed by atoms with Crippen LogP contribution in [0.25, 0.3) is 0 Å². The lowest BCUT2D eigenvalue weighted by Crippen LogP contribution is -2.45. The summed E-state index contributed by atoms with van der Waals surface area (Å²) in [5.41, 5.74) is 0.283. The number of aliphatic hydroxyl groups is 1. The molecule has 0 radical (unpaired) electrons. The Bertz CT molecular complexity index is 275. The molecule has 1 aliphatic rings. The van der Waals surface area contributed by atoms with Crippen LogP contribution < -0.4 is 5.32 Å². The van der Waals surface area contributed by atoms with Gasteiger partial charge in [-0.1, -0.05) is 27.7 Å². The minimum Gasteiger partial charge on any atom is -0.392 e. The van der Waals surface area contributed by atoms with Gasteiger partial charge in [0, 0.05) is 31.7 Å². The first kappa shape index (κ1) is 17.9. The maximum atomic E-state index is 9.94. The van der Waals surface area contributed by atoms with Crippen molar-refractivity contribution >= 4 is 0 Å². The van der Waals surface area contributed by atoms with Crippen LogP contribution >= 0.6 is 0 Å². The van der Waals surface area contributed by atoms with Gasteiger partial charge in [0.05, 0.1) is 6.10 Å². The fourth-order valence-corrected chi connectivity index (χ4v) is 3.23. The number of likely N-dealkylation sites (N-methyl/N-ethyl adjacent to an activating group) is 1. The van der Waals surface area contributed by atoms with Gasteiger partial charge in [0.25, 0.3) is 0 Å². The Kier molecular flexibility index (Phi) is 6.92. The molecule has 0 spiro atoms. The second-order valence-corrected chi connectivity index (χ2v) is 7.57. The molecule has 1 fully saturated rings. The first-order valence-corrected chi connectivity index (χ1v) is 8.04. The minimum absolute atomic E-state index is 0.146. The second-order valence-electron chi connectivity index (χ2n) is 7.57. The van der Waals surface area contributed by atoms with Gasteiger partial charge in [0.15, 0.2) is 0 Å². The predicted molar refractivity (Wildman–Crippen MR) is 86.1 cm³/mol. The van der Waals surface area contributed by atoms with Crippen LogP contribution in [0, 0.1) is 5.41 Å². The van der Waals surface area contributed by atoms with Gasteiger partial charge >= 0.3 is 0 Å². The van der Waals surface area contributed by atoms with E-state index in [9.17, 15) is 5.11 Å². The molecule has 20 heavy (non-hydrogen) atoms. The number of nitrogens with zero attached hydrogens (tertiary/aromatic N) is 2. The average Bonchev–Trinajstić information content (AvgIpc) is 2.62. The smallest absolute Gasteiger partial charge is 0.0682 e. The van der Waals surface area contributed by atoms with E-state index in [-0.39, 0.29) is 11.5 Å². The van der Waals surface area contributed by atoms with E-state index >= 15 is 0 Å². The van der Waals surface area contributed by atoms with Crippen molar-refractivity contribution in [3.05, 3.63) is 0 Å². The van der Waals surface area contributed by atoms with E-state index in [0.29, 0.717) is 12.1 Å². The zero-order chi connectivity index (χ0) is 15.3. The molecule has 1 aliphatic heterocycles. The van der Waals surface area contributed by atoms with Gasteiger partial charge < -0.3 is 15.3 Å². The highest BCUT2D eigenvalue weighted by atomic mass is 16.3. The van der Waals surface area contributed by atoms with Crippen LogP contribution in [-0.2, 0) is 0 Å². The van der Waals surface area contributed by atoms with Gasteiger partial charge in [-0.25, -0.2) is 0 Å². The van der Waals surface area contributed by atoms with Gasteiger partial charge in [-0.2, -0.15) is 0 Å². The maximum absolute atomic E-state index is 9.94. The molecule has 120 valence electrons. The molecule has 0 aromatic rings. The SMILES string of the molecule is CCNC(CCN1CC(O)CC1CN(C)C)C(C)(C)C. The summed E-state index contributed by atoms with van der Waals surface area (Å²) in [5.74, 6) is 0. The van der Waals surface area contributed by atoms with E-state index < -0.39 is 0 Å². The third kappa shape index (κ3) is 5.68. The summed E-state index contributed by atoms with van der Waals surface area (Å²) < 4.78 is 0. The highest BCUT2D eigenvalue weighted by molar-refractivity contribution is 4.88. The largest absolute Gasteiger partial charge is 0.392 e. The summed E-state index contributed by atoms with van der Waals surface area (Å²) in [6.45, 7) is 13.0. The van der Waals surface area contributed by atoms with E-state index in [2.05, 4.69) is 56.9 Å². The molecule has 1 rings (SSSR count). The molecule has 3 unspecified atom stereocenters. The first-order valence-electron chi connectivity index (χ1n) is 8.04. The highest BCUT2D eigenvalue weighted by Crippen LogP contribution is 2.24. The van der Waals surface area contributed by atoms with Crippen molar-refractivity contribution in [2.75, 3.05) is 40.3 Å². The van der Waals surface area contributed by atoms with E-state index in [4.69, 9.17) is 0 Å². The normalized spacial score (nSPS) is 26.4. The Morgan fingerprint density at radius 3 is 2.50 bits per heavy atom. The summed E-state index contributed by atoms with van der Waals surface area (Å²) in [7, 11) is 4.22. The van der Waals surface area contributed by atoms with Crippen LogP contribution in [0.4, 0.5) is 0 Å². The molecule has 0 aliphatic carbocycles. The summed E-state index contributed by atoms with van der Waals surface area (Å²) in [6.07, 6.45) is 1.92. The second kappa shape index (κ2) is 7.74. The Labute approximate surface area is 125 Å². The van der Waals surface area contributed by atoms with Crippen molar-refractivity contribution in [3.63, 3.8) is 0 Å². The Morgan fingerprint density at radius 2 is 2.00 bits per heavy atom. The van der Waals surface area contributed by atoms with Gasteiger partial charge in [0.1, 0.15) is 0 Å². The molecule has 0 aromatic heterocycles. The third-order valence-corrected chi connectivity index (χ3v) is 4.28. The lowest BCUT2D eigenvalue weighted by molar-refractivity contribution is 0.158. The Hall–Kier alpha value is -0.160. The third-order valence-electron chi connectivity index (χ3n) is 4.28. The maximum Gasteiger partial charge on any atom is 0.0682 e. The van der Waals surface area contributed by atoms with Crippen LogP contribution in [-0.4, -0.2) is 73.4 Å². The first-order chi connectivity index (χ1) is 9.24. The van der Waals surface area contributed by atoms with Gasteiger partial charge in [-0.15, -0.1) is 0 Å². The quantitative estimate of drug-likeness (QED) is 0.742. The van der Waals surface area contributed by atoms with E-state index in [1.54, 1.807) is 0 Å². The van der Waals surface area contributed by atoms with Crippen LogP contribution in [0.3, 0.4) is 0 Å². The summed E-state index contributed by atoms with van der Waals surface area (Å²) in [4.78, 5) is 4.70. The number of hydrogen-bond acceptors (Lipinski definition) is 4. The average molecular weight is 285 g/mol. The molecule has 0 aromatic carbocycles. The number of likely N-dealkylation sites (tertiary alicyclic amines) is 1. The van der Waals surface area contributed by atoms with Gasteiger partial charge in [-0.3, -0.25) is 4.90 Å². The summed E-state index contributed by atoms with van der Waals surface area (Å²) in [5, 5.41) is 13.5. The van der Waals surface area contributed by atoms with Crippen LogP contribution in [0.15, 0.2) is 0 Å². The number of hydrogen-bond donors (Lipinski definition) is 2. The predicted octanol–water partition coefficient (Wildman–Crippen LogP) is 1.40. The lowest BCUT2D eigenvalue weighted by Gasteiger charge is -2.34. The fraction of sp³-hybridized carbons (Fsp3) is 1.00. The number of aliphatic hydroxyl groups excluding tert-OH is 1. The molecular formula is C16H35N3O. The van der Waals surface area contributed by atoms with Crippen molar-refractivity contribution < 1.29 is 5.11 Å². The van der Waals surface area contributed by atoms with Crippen LogP contribution in [0.5, 0.6) is 0 Å². The topological polar surface area (TPSA) is 38.7 Å². The minimum atomic E-state index is -0.146. The van der Waals surface area contributed by atoms with Crippen LogP contribution in [0.1, 0.15) is 40.5 Å². The number of rotatable bonds is 7. The molecule has 2 N–H and O–H groups in total. The van der Waals surface area contributed by atoms with Gasteiger partial charge in [0.2, 0.25) is 0 Å². The van der Waals surface area contributed by atoms with Crippen molar-refractivity contribution in [2.45, 2.75) is 58.7 Å². The molecule has 0 amide bonds.